The third-order valence-electron chi connectivity index (χ3n) is 9.66. The number of rotatable bonds is 6. The fourth-order valence-corrected chi connectivity index (χ4v) is 17.9. The average molecular weight is 733 g/mol. The van der Waals surface area contributed by atoms with E-state index < -0.39 is 28.3 Å². The predicted octanol–water partition coefficient (Wildman–Crippen LogP) is 5.38. The van der Waals surface area contributed by atoms with Gasteiger partial charge in [0.15, 0.2) is 0 Å². The summed E-state index contributed by atoms with van der Waals surface area (Å²) in [5.41, 5.74) is 15.1. The Balaban J connectivity index is 0.00000186. The Kier molecular flexibility index (Phi) is 9.67. The van der Waals surface area contributed by atoms with E-state index in [0.717, 1.165) is 6.42 Å². The van der Waals surface area contributed by atoms with Gasteiger partial charge in [0.2, 0.25) is 0 Å². The second-order valence-corrected chi connectivity index (χ2v) is 28.4. The normalized spacial score (nSPS) is 16.0. The Bertz CT molecular complexity index is 2110. The Hall–Kier alpha value is -2.74. The Morgan fingerprint density at radius 3 is 1.98 bits per heavy atom. The van der Waals surface area contributed by atoms with Crippen molar-refractivity contribution >= 4 is 33.5 Å². The minimum absolute atomic E-state index is 0. The summed E-state index contributed by atoms with van der Waals surface area (Å²) in [5.74, 6) is 0.282. The Morgan fingerprint density at radius 1 is 0.609 bits per heavy atom. The number of hydrogen-bond acceptors (Lipinski definition) is 0. The molecule has 6 aromatic rings. The minimum atomic E-state index is -0.641. The topological polar surface area (TPSA) is 0 Å². The molecule has 4 heteroatoms. The predicted molar refractivity (Wildman–Crippen MR) is 189 cm³/mol. The molecule has 0 radical (unpaired) electrons. The zero-order chi connectivity index (χ0) is 29.9. The summed E-state index contributed by atoms with van der Waals surface area (Å²) in [6.45, 7) is 9.94. The SMILES string of the molecule is CC(C)CC1=Cc2c(-c3cc4ccccc4c4ccccc34)cccc2C1c1cccc2c1[CH]([Zr+2][SiH](C)C)c1ccccc1-2.[Cl-].[Cl-]. The summed E-state index contributed by atoms with van der Waals surface area (Å²) in [4.78, 5) is 0. The molecule has 0 heterocycles. The summed E-state index contributed by atoms with van der Waals surface area (Å²) in [6, 6.07) is 44.0. The van der Waals surface area contributed by atoms with E-state index in [2.05, 4.69) is 148 Å². The molecular weight excluding hydrogens is 695 g/mol. The van der Waals surface area contributed by atoms with Crippen molar-refractivity contribution in [2.75, 3.05) is 0 Å². The van der Waals surface area contributed by atoms with Crippen LogP contribution < -0.4 is 24.8 Å². The fourth-order valence-electron chi connectivity index (χ4n) is 8.04. The van der Waals surface area contributed by atoms with Crippen molar-refractivity contribution < 1.29 is 47.2 Å². The summed E-state index contributed by atoms with van der Waals surface area (Å²) in [6.07, 6.45) is 3.71. The molecule has 2 aliphatic carbocycles. The molecule has 0 aliphatic heterocycles. The molecule has 0 fully saturated rings. The number of benzene rings is 6. The van der Waals surface area contributed by atoms with Crippen LogP contribution in [-0.2, 0) is 22.4 Å². The molecule has 0 saturated heterocycles. The van der Waals surface area contributed by atoms with Gasteiger partial charge >= 0.3 is 270 Å². The summed E-state index contributed by atoms with van der Waals surface area (Å²) < 4.78 is 0.671. The number of halogens is 2. The molecule has 0 amide bonds. The quantitative estimate of drug-likeness (QED) is 0.160. The molecule has 46 heavy (non-hydrogen) atoms. The molecule has 228 valence electrons. The maximum atomic E-state index is 2.59. The van der Waals surface area contributed by atoms with Gasteiger partial charge in [-0.15, -0.1) is 0 Å². The summed E-state index contributed by atoms with van der Waals surface area (Å²) >= 11 is -0.577. The molecule has 2 aliphatic rings. The van der Waals surface area contributed by atoms with Crippen LogP contribution in [0.25, 0.3) is 49.9 Å². The van der Waals surface area contributed by atoms with Crippen molar-refractivity contribution in [2.24, 2.45) is 5.92 Å². The third kappa shape index (κ3) is 5.50. The molecule has 0 aromatic heterocycles. The monoisotopic (exact) mass is 730 g/mol. The van der Waals surface area contributed by atoms with Gasteiger partial charge in [0.05, 0.1) is 0 Å². The van der Waals surface area contributed by atoms with Crippen molar-refractivity contribution in [1.29, 1.82) is 0 Å². The van der Waals surface area contributed by atoms with Gasteiger partial charge in [-0.1, -0.05) is 6.07 Å². The van der Waals surface area contributed by atoms with Crippen molar-refractivity contribution in [1.82, 2.24) is 0 Å². The molecule has 0 bridgehead atoms. The van der Waals surface area contributed by atoms with Gasteiger partial charge in [0.1, 0.15) is 0 Å². The van der Waals surface area contributed by atoms with Crippen LogP contribution in [0, 0.1) is 5.92 Å². The summed E-state index contributed by atoms with van der Waals surface area (Å²) in [5, 5.41) is 5.32. The second kappa shape index (κ2) is 13.4. The van der Waals surface area contributed by atoms with Crippen LogP contribution >= 0.6 is 0 Å². The minimum Gasteiger partial charge on any atom is -1.00 e. The fraction of sp³-hybridized carbons (Fsp3) is 0.190. The number of allylic oxidation sites excluding steroid dienone is 1. The van der Waals surface area contributed by atoms with Gasteiger partial charge in [0, 0.05) is 0 Å². The summed E-state index contributed by atoms with van der Waals surface area (Å²) in [7, 11) is 0. The standard InChI is InChI=1S/C40H31.C2H7Si.2ClH.Zr/c1-25(2)21-28-24-39-34(37-22-26-11-3-5-13-29(26)31-15-7-8-16-33(31)37)18-10-20-36(39)40(28)35-19-9-17-32-30-14-6-4-12-27(30)23-38(32)35;1-3-2;;;/h3-20,22-25,40H,21H2,1-2H3;3H,1-2H3;2*1H;/q;;;;+2/p-2. The van der Waals surface area contributed by atoms with E-state index >= 15 is 0 Å². The molecule has 6 aromatic carbocycles. The molecule has 0 saturated carbocycles. The zero-order valence-corrected chi connectivity index (χ0v) is 31.9. The van der Waals surface area contributed by atoms with Crippen LogP contribution in [0.15, 0.2) is 121 Å². The van der Waals surface area contributed by atoms with E-state index in [1.165, 1.54) is 54.9 Å². The molecule has 0 N–H and O–H groups in total. The number of hydrogen-bond donors (Lipinski definition) is 0. The third-order valence-corrected chi connectivity index (χ3v) is 19.5. The van der Waals surface area contributed by atoms with Crippen molar-refractivity contribution in [2.45, 2.75) is 42.9 Å². The number of fused-ring (bicyclic) bond motifs is 7. The maximum Gasteiger partial charge on any atom is -1.00 e. The van der Waals surface area contributed by atoms with Gasteiger partial charge in [-0.05, 0) is 0 Å². The van der Waals surface area contributed by atoms with E-state index in [4.69, 9.17) is 0 Å². The first-order valence-corrected chi connectivity index (χ1v) is 24.8. The largest absolute Gasteiger partial charge is 1.00 e. The average Bonchev–Trinajstić information content (AvgIpc) is 3.55. The molecule has 8 rings (SSSR count). The first kappa shape index (κ1) is 33.2. The maximum absolute atomic E-state index is 2.59. The van der Waals surface area contributed by atoms with Crippen molar-refractivity contribution in [3.8, 4) is 22.3 Å². The van der Waals surface area contributed by atoms with Crippen LogP contribution in [-0.4, -0.2) is 5.92 Å². The van der Waals surface area contributed by atoms with Crippen LogP contribution in [0.1, 0.15) is 57.6 Å². The molecule has 2 atom stereocenters. The zero-order valence-electron chi connectivity index (χ0n) is 26.8. The molecule has 2 unspecified atom stereocenters. The van der Waals surface area contributed by atoms with E-state index in [-0.39, 0.29) is 24.8 Å². The van der Waals surface area contributed by atoms with Crippen LogP contribution in [0.5, 0.6) is 0 Å². The van der Waals surface area contributed by atoms with E-state index in [0.29, 0.717) is 15.5 Å². The van der Waals surface area contributed by atoms with E-state index in [1.807, 2.05) is 0 Å². The van der Waals surface area contributed by atoms with E-state index in [9.17, 15) is 0 Å². The van der Waals surface area contributed by atoms with Crippen LogP contribution in [0.3, 0.4) is 0 Å². The first-order valence-electron chi connectivity index (χ1n) is 16.2. The van der Waals surface area contributed by atoms with Gasteiger partial charge in [-0.25, -0.2) is 0 Å². The van der Waals surface area contributed by atoms with Crippen LogP contribution in [0.2, 0.25) is 13.1 Å². The van der Waals surface area contributed by atoms with Crippen molar-refractivity contribution in [3.05, 3.63) is 149 Å². The van der Waals surface area contributed by atoms with Gasteiger partial charge in [-0.3, -0.25) is 0 Å². The smallest absolute Gasteiger partial charge is 1.00 e. The molecule has 0 nitrogen and oxygen atoms in total. The van der Waals surface area contributed by atoms with Crippen LogP contribution in [0.4, 0.5) is 0 Å². The molecular formula is C42H38Cl2SiZr. The second-order valence-electron chi connectivity index (χ2n) is 13.4. The Morgan fingerprint density at radius 2 is 1.22 bits per heavy atom. The first-order chi connectivity index (χ1) is 21.5. The Labute approximate surface area is 298 Å². The van der Waals surface area contributed by atoms with Gasteiger partial charge in [-0.2, -0.15) is 0 Å². The van der Waals surface area contributed by atoms with Gasteiger partial charge in [0.25, 0.3) is 0 Å². The van der Waals surface area contributed by atoms with Crippen molar-refractivity contribution in [3.63, 3.8) is 0 Å². The molecule has 0 spiro atoms. The van der Waals surface area contributed by atoms with E-state index in [1.54, 1.807) is 22.3 Å². The van der Waals surface area contributed by atoms with Gasteiger partial charge < -0.3 is 24.8 Å².